The van der Waals surface area contributed by atoms with E-state index >= 15 is 0 Å². The van der Waals surface area contributed by atoms with Gasteiger partial charge in [0.2, 0.25) is 11.8 Å². The molecule has 1 fully saturated rings. The lowest BCUT2D eigenvalue weighted by molar-refractivity contribution is -0.137. The lowest BCUT2D eigenvalue weighted by Gasteiger charge is -2.17. The van der Waals surface area contributed by atoms with Crippen molar-refractivity contribution in [2.24, 2.45) is 11.8 Å². The summed E-state index contributed by atoms with van der Waals surface area (Å²) in [5.74, 6) is -0.301. The Kier molecular flexibility index (Phi) is 6.08. The SMILES string of the molecule is CC(C)CCN1C[C@H](C(=O)NCc2cccc(C(F)(F)F)c2)CC1=O. The minimum absolute atomic E-state index is 0.0133. The van der Waals surface area contributed by atoms with Crippen molar-refractivity contribution < 1.29 is 22.8 Å². The molecule has 1 aromatic rings. The summed E-state index contributed by atoms with van der Waals surface area (Å²) in [5.41, 5.74) is -0.362. The van der Waals surface area contributed by atoms with Gasteiger partial charge in [0, 0.05) is 26.1 Å². The molecule has 1 aliphatic heterocycles. The Morgan fingerprint density at radius 2 is 2.08 bits per heavy atom. The summed E-state index contributed by atoms with van der Waals surface area (Å²) >= 11 is 0. The molecule has 0 aromatic heterocycles. The molecular formula is C18H23F3N2O2. The van der Waals surface area contributed by atoms with Gasteiger partial charge in [-0.15, -0.1) is 0 Å². The fourth-order valence-corrected chi connectivity index (χ4v) is 2.77. The highest BCUT2D eigenvalue weighted by Crippen LogP contribution is 2.29. The van der Waals surface area contributed by atoms with Crippen LogP contribution in [-0.2, 0) is 22.3 Å². The molecule has 0 spiro atoms. The van der Waals surface area contributed by atoms with E-state index in [-0.39, 0.29) is 24.8 Å². The standard InChI is InChI=1S/C18H23F3N2O2/c1-12(2)6-7-23-11-14(9-16(23)24)17(25)22-10-13-4-3-5-15(8-13)18(19,20)21/h3-5,8,12,14H,6-7,9-11H2,1-2H3,(H,22,25)/t14-/m1/s1. The van der Waals surface area contributed by atoms with Gasteiger partial charge in [-0.25, -0.2) is 0 Å². The van der Waals surface area contributed by atoms with Gasteiger partial charge in [0.05, 0.1) is 11.5 Å². The third-order valence-corrected chi connectivity index (χ3v) is 4.28. The molecule has 1 N–H and O–H groups in total. The minimum atomic E-state index is -4.41. The summed E-state index contributed by atoms with van der Waals surface area (Å²) in [6.45, 7) is 5.16. The molecule has 0 unspecified atom stereocenters. The van der Waals surface area contributed by atoms with Gasteiger partial charge in [0.15, 0.2) is 0 Å². The summed E-state index contributed by atoms with van der Waals surface area (Å²) in [4.78, 5) is 25.9. The second-order valence-corrected chi connectivity index (χ2v) is 6.84. The van der Waals surface area contributed by atoms with E-state index in [1.54, 1.807) is 4.90 Å². The van der Waals surface area contributed by atoms with Crippen LogP contribution in [-0.4, -0.2) is 29.8 Å². The molecule has 1 aliphatic rings. The van der Waals surface area contributed by atoms with Crippen molar-refractivity contribution >= 4 is 11.8 Å². The predicted octanol–water partition coefficient (Wildman–Crippen LogP) is 3.22. The first-order chi connectivity index (χ1) is 11.7. The first-order valence-electron chi connectivity index (χ1n) is 8.38. The largest absolute Gasteiger partial charge is 0.416 e. The average molecular weight is 356 g/mol. The zero-order valence-electron chi connectivity index (χ0n) is 14.4. The topological polar surface area (TPSA) is 49.4 Å². The van der Waals surface area contributed by atoms with Gasteiger partial charge in [0.1, 0.15) is 0 Å². The van der Waals surface area contributed by atoms with Gasteiger partial charge < -0.3 is 10.2 Å². The number of amides is 2. The summed E-state index contributed by atoms with van der Waals surface area (Å²) in [7, 11) is 0. The maximum absolute atomic E-state index is 12.7. The van der Waals surface area contributed by atoms with E-state index in [0.717, 1.165) is 18.6 Å². The minimum Gasteiger partial charge on any atom is -0.352 e. The molecule has 7 heteroatoms. The number of benzene rings is 1. The van der Waals surface area contributed by atoms with Crippen LogP contribution < -0.4 is 5.32 Å². The van der Waals surface area contributed by atoms with Crippen molar-refractivity contribution in [2.75, 3.05) is 13.1 Å². The smallest absolute Gasteiger partial charge is 0.352 e. The second-order valence-electron chi connectivity index (χ2n) is 6.84. The van der Waals surface area contributed by atoms with Gasteiger partial charge in [-0.2, -0.15) is 13.2 Å². The molecule has 2 amide bonds. The molecular weight excluding hydrogens is 333 g/mol. The first-order valence-corrected chi connectivity index (χ1v) is 8.38. The molecule has 1 saturated heterocycles. The second kappa shape index (κ2) is 7.89. The first kappa shape index (κ1) is 19.3. The number of halogens is 3. The Labute approximate surface area is 145 Å². The Bertz CT molecular complexity index is 629. The summed E-state index contributed by atoms with van der Waals surface area (Å²) < 4.78 is 38.1. The number of likely N-dealkylation sites (tertiary alicyclic amines) is 1. The molecule has 0 radical (unpaired) electrons. The van der Waals surface area contributed by atoms with Gasteiger partial charge >= 0.3 is 6.18 Å². The highest BCUT2D eigenvalue weighted by molar-refractivity contribution is 5.89. The monoisotopic (exact) mass is 356 g/mol. The number of nitrogens with one attached hydrogen (secondary N) is 1. The number of carbonyl (C=O) groups is 2. The van der Waals surface area contributed by atoms with E-state index in [1.807, 2.05) is 0 Å². The Hall–Kier alpha value is -2.05. The van der Waals surface area contributed by atoms with E-state index in [1.165, 1.54) is 12.1 Å². The third-order valence-electron chi connectivity index (χ3n) is 4.28. The van der Waals surface area contributed by atoms with Crippen LogP contribution in [0.3, 0.4) is 0 Å². The van der Waals surface area contributed by atoms with Crippen molar-refractivity contribution in [3.05, 3.63) is 35.4 Å². The van der Waals surface area contributed by atoms with Crippen LogP contribution in [0.5, 0.6) is 0 Å². The zero-order chi connectivity index (χ0) is 18.6. The number of rotatable bonds is 6. The van der Waals surface area contributed by atoms with Crippen LogP contribution >= 0.6 is 0 Å². The van der Waals surface area contributed by atoms with Crippen LogP contribution in [0.1, 0.15) is 37.8 Å². The van der Waals surface area contributed by atoms with E-state index in [2.05, 4.69) is 19.2 Å². The molecule has 25 heavy (non-hydrogen) atoms. The van der Waals surface area contributed by atoms with Crippen LogP contribution in [0, 0.1) is 11.8 Å². The lowest BCUT2D eigenvalue weighted by Crippen LogP contribution is -2.33. The number of alkyl halides is 3. The van der Waals surface area contributed by atoms with Crippen molar-refractivity contribution in [3.63, 3.8) is 0 Å². The van der Waals surface area contributed by atoms with E-state index < -0.39 is 17.7 Å². The van der Waals surface area contributed by atoms with E-state index in [0.29, 0.717) is 24.6 Å². The number of nitrogens with zero attached hydrogens (tertiary/aromatic N) is 1. The average Bonchev–Trinajstić information content (AvgIpc) is 2.91. The quantitative estimate of drug-likeness (QED) is 0.851. The predicted molar refractivity (Wildman–Crippen MR) is 87.4 cm³/mol. The number of hydrogen-bond donors (Lipinski definition) is 1. The van der Waals surface area contributed by atoms with Gasteiger partial charge in [-0.1, -0.05) is 26.0 Å². The molecule has 1 aromatic carbocycles. The fourth-order valence-electron chi connectivity index (χ4n) is 2.77. The van der Waals surface area contributed by atoms with Gasteiger partial charge in [-0.3, -0.25) is 9.59 Å². The van der Waals surface area contributed by atoms with E-state index in [4.69, 9.17) is 0 Å². The summed E-state index contributed by atoms with van der Waals surface area (Å²) in [6.07, 6.45) is -3.37. The Morgan fingerprint density at radius 3 is 2.72 bits per heavy atom. The Balaban J connectivity index is 1.88. The van der Waals surface area contributed by atoms with Crippen molar-refractivity contribution in [1.82, 2.24) is 10.2 Å². The molecule has 4 nitrogen and oxygen atoms in total. The van der Waals surface area contributed by atoms with Crippen molar-refractivity contribution in [2.45, 2.75) is 39.4 Å². The van der Waals surface area contributed by atoms with Crippen molar-refractivity contribution in [3.8, 4) is 0 Å². The lowest BCUT2D eigenvalue weighted by atomic mass is 10.1. The number of hydrogen-bond acceptors (Lipinski definition) is 2. The van der Waals surface area contributed by atoms with Crippen LogP contribution in [0.4, 0.5) is 13.2 Å². The van der Waals surface area contributed by atoms with E-state index in [9.17, 15) is 22.8 Å². The highest BCUT2D eigenvalue weighted by atomic mass is 19.4. The highest BCUT2D eigenvalue weighted by Gasteiger charge is 2.34. The molecule has 1 heterocycles. The van der Waals surface area contributed by atoms with Crippen LogP contribution in [0.25, 0.3) is 0 Å². The van der Waals surface area contributed by atoms with Crippen molar-refractivity contribution in [1.29, 1.82) is 0 Å². The zero-order valence-corrected chi connectivity index (χ0v) is 14.4. The molecule has 0 aliphatic carbocycles. The Morgan fingerprint density at radius 1 is 1.36 bits per heavy atom. The molecule has 138 valence electrons. The van der Waals surface area contributed by atoms with Crippen LogP contribution in [0.2, 0.25) is 0 Å². The normalized spacial score (nSPS) is 18.1. The van der Waals surface area contributed by atoms with Crippen LogP contribution in [0.15, 0.2) is 24.3 Å². The number of carbonyl (C=O) groups excluding carboxylic acids is 2. The molecule has 1 atom stereocenters. The molecule has 0 bridgehead atoms. The third kappa shape index (κ3) is 5.47. The van der Waals surface area contributed by atoms with Gasteiger partial charge in [0.25, 0.3) is 0 Å². The fraction of sp³-hybridized carbons (Fsp3) is 0.556. The summed E-state index contributed by atoms with van der Waals surface area (Å²) in [5, 5.41) is 2.64. The summed E-state index contributed by atoms with van der Waals surface area (Å²) in [6, 6.07) is 4.86. The molecule has 2 rings (SSSR count). The van der Waals surface area contributed by atoms with Gasteiger partial charge in [-0.05, 0) is 30.0 Å². The maximum atomic E-state index is 12.7. The maximum Gasteiger partial charge on any atom is 0.416 e. The molecule has 0 saturated carbocycles.